The van der Waals surface area contributed by atoms with Crippen LogP contribution in [0.1, 0.15) is 27.2 Å². The average molecular weight is 447 g/mol. The molecular formula is C24H26N6O3. The zero-order valence-corrected chi connectivity index (χ0v) is 19.1. The number of pyridine rings is 1. The van der Waals surface area contributed by atoms with Crippen LogP contribution in [0.4, 0.5) is 4.79 Å². The lowest BCUT2D eigenvalue weighted by Gasteiger charge is -2.24. The Bertz CT molecular complexity index is 1340. The van der Waals surface area contributed by atoms with E-state index in [9.17, 15) is 4.79 Å². The number of hydrogen-bond acceptors (Lipinski definition) is 7. The molecule has 9 heteroatoms. The van der Waals surface area contributed by atoms with Crippen molar-refractivity contribution in [3.05, 3.63) is 43.0 Å². The molecule has 9 nitrogen and oxygen atoms in total. The number of likely N-dealkylation sites (tertiary alicyclic amines) is 1. The maximum Gasteiger partial charge on any atom is 0.410 e. The molecule has 1 aromatic carbocycles. The van der Waals surface area contributed by atoms with Gasteiger partial charge in [0.1, 0.15) is 23.9 Å². The van der Waals surface area contributed by atoms with Gasteiger partial charge in [-0.2, -0.15) is 4.98 Å². The van der Waals surface area contributed by atoms with Crippen molar-refractivity contribution < 1.29 is 14.3 Å². The van der Waals surface area contributed by atoms with Gasteiger partial charge in [-0.15, -0.1) is 0 Å². The quantitative estimate of drug-likeness (QED) is 0.470. The Morgan fingerprint density at radius 2 is 1.97 bits per heavy atom. The minimum atomic E-state index is -0.532. The van der Waals surface area contributed by atoms with Crippen LogP contribution in [0.15, 0.2) is 43.0 Å². The molecule has 0 spiro atoms. The zero-order valence-electron chi connectivity index (χ0n) is 19.1. The fourth-order valence-electron chi connectivity index (χ4n) is 4.07. The monoisotopic (exact) mass is 446 g/mol. The highest BCUT2D eigenvalue weighted by Gasteiger charge is 2.32. The lowest BCUT2D eigenvalue weighted by molar-refractivity contribution is 0.0275. The maximum atomic E-state index is 12.4. The molecule has 1 fully saturated rings. The smallest absolute Gasteiger partial charge is 0.410 e. The van der Waals surface area contributed by atoms with E-state index in [2.05, 4.69) is 21.0 Å². The van der Waals surface area contributed by atoms with E-state index in [1.165, 1.54) is 6.33 Å². The van der Waals surface area contributed by atoms with Crippen molar-refractivity contribution in [1.82, 2.24) is 29.4 Å². The SMILES string of the molecule is Cn1c(-c2cncc3ccccc23)nc2c(OC3CCN(C(=O)OC(C)(C)C)C3)ncnc21. The van der Waals surface area contributed by atoms with Crippen LogP contribution in [0.25, 0.3) is 33.3 Å². The second kappa shape index (κ2) is 7.99. The first kappa shape index (κ1) is 21.1. The molecular weight excluding hydrogens is 420 g/mol. The number of aromatic nitrogens is 5. The summed E-state index contributed by atoms with van der Waals surface area (Å²) in [5, 5.41) is 2.10. The van der Waals surface area contributed by atoms with Crippen molar-refractivity contribution in [2.75, 3.05) is 13.1 Å². The summed E-state index contributed by atoms with van der Waals surface area (Å²) >= 11 is 0. The Morgan fingerprint density at radius 1 is 1.15 bits per heavy atom. The van der Waals surface area contributed by atoms with Gasteiger partial charge in [-0.3, -0.25) is 4.98 Å². The number of carbonyl (C=O) groups excluding carboxylic acids is 1. The first-order chi connectivity index (χ1) is 15.8. The molecule has 1 unspecified atom stereocenters. The largest absolute Gasteiger partial charge is 0.471 e. The van der Waals surface area contributed by atoms with E-state index in [4.69, 9.17) is 14.5 Å². The molecule has 5 rings (SSSR count). The summed E-state index contributed by atoms with van der Waals surface area (Å²) in [6.07, 6.45) is 5.30. The Labute approximate surface area is 191 Å². The van der Waals surface area contributed by atoms with E-state index < -0.39 is 5.60 Å². The molecule has 0 radical (unpaired) electrons. The van der Waals surface area contributed by atoms with E-state index in [-0.39, 0.29) is 12.2 Å². The fourth-order valence-corrected chi connectivity index (χ4v) is 4.07. The van der Waals surface area contributed by atoms with Crippen LogP contribution in [0.2, 0.25) is 0 Å². The number of carbonyl (C=O) groups is 1. The number of nitrogens with zero attached hydrogens (tertiary/aromatic N) is 6. The third-order valence-electron chi connectivity index (χ3n) is 5.61. The van der Waals surface area contributed by atoms with Crippen LogP contribution in [-0.4, -0.2) is 60.3 Å². The number of amides is 1. The highest BCUT2D eigenvalue weighted by atomic mass is 16.6. The first-order valence-electron chi connectivity index (χ1n) is 11.0. The van der Waals surface area contributed by atoms with Crippen molar-refractivity contribution in [3.8, 4) is 17.3 Å². The molecule has 1 atom stereocenters. The second-order valence-electron chi connectivity index (χ2n) is 9.21. The lowest BCUT2D eigenvalue weighted by Crippen LogP contribution is -2.36. The van der Waals surface area contributed by atoms with Gasteiger partial charge >= 0.3 is 6.09 Å². The molecule has 1 aliphatic rings. The molecule has 1 aliphatic heterocycles. The Hall–Kier alpha value is -3.75. The predicted octanol–water partition coefficient (Wildman–Crippen LogP) is 3.97. The van der Waals surface area contributed by atoms with Crippen LogP contribution in [0, 0.1) is 0 Å². The number of hydrogen-bond donors (Lipinski definition) is 0. The molecule has 0 aliphatic carbocycles. The van der Waals surface area contributed by atoms with Crippen LogP contribution in [0.5, 0.6) is 5.88 Å². The predicted molar refractivity (Wildman–Crippen MR) is 124 cm³/mol. The molecule has 4 heterocycles. The van der Waals surface area contributed by atoms with E-state index in [0.717, 1.165) is 22.2 Å². The van der Waals surface area contributed by atoms with Crippen molar-refractivity contribution in [2.45, 2.75) is 38.9 Å². The summed E-state index contributed by atoms with van der Waals surface area (Å²) in [5.74, 6) is 1.15. The molecule has 1 saturated heterocycles. The molecule has 0 saturated carbocycles. The summed E-state index contributed by atoms with van der Waals surface area (Å²) < 4.78 is 13.6. The number of imidazole rings is 1. The summed E-state index contributed by atoms with van der Waals surface area (Å²) in [7, 11) is 1.92. The zero-order chi connectivity index (χ0) is 23.2. The summed E-state index contributed by atoms with van der Waals surface area (Å²) in [6.45, 7) is 6.58. The number of benzene rings is 1. The molecule has 4 aromatic rings. The van der Waals surface area contributed by atoms with Gasteiger partial charge in [0.15, 0.2) is 11.2 Å². The number of fused-ring (bicyclic) bond motifs is 2. The van der Waals surface area contributed by atoms with Gasteiger partial charge in [0.05, 0.1) is 6.54 Å². The topological polar surface area (TPSA) is 95.3 Å². The fraction of sp³-hybridized carbons (Fsp3) is 0.375. The van der Waals surface area contributed by atoms with Crippen LogP contribution >= 0.6 is 0 Å². The van der Waals surface area contributed by atoms with Crippen LogP contribution < -0.4 is 4.74 Å². The average Bonchev–Trinajstić information content (AvgIpc) is 3.38. The van der Waals surface area contributed by atoms with Crippen LogP contribution in [0.3, 0.4) is 0 Å². The first-order valence-corrected chi connectivity index (χ1v) is 11.0. The number of rotatable bonds is 3. The molecule has 1 amide bonds. The highest BCUT2D eigenvalue weighted by Crippen LogP contribution is 2.31. The summed E-state index contributed by atoms with van der Waals surface area (Å²) in [6, 6.07) is 8.07. The Balaban J connectivity index is 1.44. The minimum Gasteiger partial charge on any atom is -0.471 e. The molecule has 170 valence electrons. The third-order valence-corrected chi connectivity index (χ3v) is 5.61. The van der Waals surface area contributed by atoms with Crippen molar-refractivity contribution in [3.63, 3.8) is 0 Å². The van der Waals surface area contributed by atoms with Gasteiger partial charge in [0, 0.05) is 43.4 Å². The maximum absolute atomic E-state index is 12.4. The van der Waals surface area contributed by atoms with Gasteiger partial charge in [-0.25, -0.2) is 14.8 Å². The van der Waals surface area contributed by atoms with Gasteiger partial charge in [-0.1, -0.05) is 24.3 Å². The lowest BCUT2D eigenvalue weighted by atomic mass is 10.1. The van der Waals surface area contributed by atoms with Crippen LogP contribution in [-0.2, 0) is 11.8 Å². The Morgan fingerprint density at radius 3 is 2.79 bits per heavy atom. The van der Waals surface area contributed by atoms with E-state index >= 15 is 0 Å². The third kappa shape index (κ3) is 4.06. The number of ether oxygens (including phenoxy) is 2. The molecule has 33 heavy (non-hydrogen) atoms. The standard InChI is InChI=1S/C24H26N6O3/c1-24(2,3)33-23(31)30-10-9-16(13-30)32-22-19-21(26-14-27-22)29(4)20(28-19)18-12-25-11-15-7-5-6-8-17(15)18/h5-8,11-12,14,16H,9-10,13H2,1-4H3. The molecule has 0 bridgehead atoms. The highest BCUT2D eigenvalue weighted by molar-refractivity contribution is 5.96. The second-order valence-corrected chi connectivity index (χ2v) is 9.21. The number of aryl methyl sites for hydroxylation is 1. The summed E-state index contributed by atoms with van der Waals surface area (Å²) in [5.41, 5.74) is 1.63. The van der Waals surface area contributed by atoms with Gasteiger partial charge in [-0.05, 0) is 26.2 Å². The van der Waals surface area contributed by atoms with Crippen molar-refractivity contribution in [2.24, 2.45) is 7.05 Å². The Kier molecular flexibility index (Phi) is 5.11. The normalized spacial score (nSPS) is 16.5. The summed E-state index contributed by atoms with van der Waals surface area (Å²) in [4.78, 5) is 32.1. The minimum absolute atomic E-state index is 0.194. The van der Waals surface area contributed by atoms with Crippen molar-refractivity contribution in [1.29, 1.82) is 0 Å². The van der Waals surface area contributed by atoms with Crippen molar-refractivity contribution >= 4 is 28.0 Å². The molecule has 0 N–H and O–H groups in total. The molecule has 3 aromatic heterocycles. The van der Waals surface area contributed by atoms with E-state index in [1.807, 2.05) is 63.0 Å². The van der Waals surface area contributed by atoms with Gasteiger partial charge < -0.3 is 18.9 Å². The van der Waals surface area contributed by atoms with E-state index in [0.29, 0.717) is 36.6 Å². The van der Waals surface area contributed by atoms with E-state index in [1.54, 1.807) is 4.90 Å². The van der Waals surface area contributed by atoms with Gasteiger partial charge in [0.2, 0.25) is 5.88 Å². The van der Waals surface area contributed by atoms with Gasteiger partial charge in [0.25, 0.3) is 0 Å².